The van der Waals surface area contributed by atoms with E-state index in [2.05, 4.69) is 6.92 Å². The lowest BCUT2D eigenvalue weighted by Crippen LogP contribution is -2.16. The van der Waals surface area contributed by atoms with Crippen LogP contribution < -0.4 is 5.73 Å². The summed E-state index contributed by atoms with van der Waals surface area (Å²) < 4.78 is 0. The number of amides is 1. The van der Waals surface area contributed by atoms with E-state index in [0.29, 0.717) is 5.69 Å². The minimum Gasteiger partial charge on any atom is -0.506 e. The molecule has 1 aromatic rings. The zero-order valence-corrected chi connectivity index (χ0v) is 10.8. The summed E-state index contributed by atoms with van der Waals surface area (Å²) in [7, 11) is 1.79. The van der Waals surface area contributed by atoms with Gasteiger partial charge in [0.1, 0.15) is 5.75 Å². The van der Waals surface area contributed by atoms with Gasteiger partial charge in [-0.1, -0.05) is 25.5 Å². The van der Waals surface area contributed by atoms with Crippen molar-refractivity contribution in [3.8, 4) is 5.75 Å². The molecule has 0 saturated carbocycles. The molecule has 0 aliphatic carbocycles. The van der Waals surface area contributed by atoms with Crippen molar-refractivity contribution in [2.45, 2.75) is 26.7 Å². The van der Waals surface area contributed by atoms with E-state index >= 15 is 0 Å². The summed E-state index contributed by atoms with van der Waals surface area (Å²) in [6.45, 7) is 4.81. The average Bonchev–Trinajstić information content (AvgIpc) is 2.33. The number of rotatable bonds is 4. The van der Waals surface area contributed by atoms with Crippen LogP contribution in [0.25, 0.3) is 0 Å². The number of para-hydroxylation sites is 1. The summed E-state index contributed by atoms with van der Waals surface area (Å²) in [6, 6.07) is 5.29. The van der Waals surface area contributed by atoms with Gasteiger partial charge in [0.25, 0.3) is 0 Å². The van der Waals surface area contributed by atoms with Crippen LogP contribution >= 0.6 is 0 Å². The van der Waals surface area contributed by atoms with E-state index in [4.69, 9.17) is 10.8 Å². The number of benzene rings is 1. The first-order valence-electron chi connectivity index (χ1n) is 5.72. The van der Waals surface area contributed by atoms with Gasteiger partial charge in [-0.25, -0.2) is 0 Å². The fraction of sp³-hybridized carbons (Fsp3) is 0.462. The van der Waals surface area contributed by atoms with Gasteiger partial charge in [-0.15, -0.1) is 0 Å². The van der Waals surface area contributed by atoms with Crippen molar-refractivity contribution >= 4 is 12.1 Å². The van der Waals surface area contributed by atoms with E-state index in [-0.39, 0.29) is 5.75 Å². The van der Waals surface area contributed by atoms with Crippen LogP contribution in [0.3, 0.4) is 0 Å². The lowest BCUT2D eigenvalue weighted by molar-refractivity contribution is -0.117. The molecule has 0 aromatic heterocycles. The molecule has 0 unspecified atom stereocenters. The Hall–Kier alpha value is -1.71. The zero-order chi connectivity index (χ0) is 13.3. The molecule has 0 fully saturated rings. The van der Waals surface area contributed by atoms with Gasteiger partial charge in [0, 0.05) is 13.6 Å². The Morgan fingerprint density at radius 2 is 2.12 bits per heavy atom. The molecule has 3 N–H and O–H groups in total. The third-order valence-electron chi connectivity index (χ3n) is 2.31. The quantitative estimate of drug-likeness (QED) is 0.480. The lowest BCUT2D eigenvalue weighted by Gasteiger charge is -2.07. The van der Waals surface area contributed by atoms with E-state index in [1.807, 2.05) is 19.1 Å². The second-order valence-electron chi connectivity index (χ2n) is 3.95. The summed E-state index contributed by atoms with van der Waals surface area (Å²) in [5.41, 5.74) is 6.63. The van der Waals surface area contributed by atoms with Gasteiger partial charge >= 0.3 is 0 Å². The van der Waals surface area contributed by atoms with E-state index < -0.39 is 0 Å². The molecule has 1 amide bonds. The van der Waals surface area contributed by atoms with Crippen LogP contribution in [0.15, 0.2) is 18.2 Å². The van der Waals surface area contributed by atoms with E-state index in [0.717, 1.165) is 31.4 Å². The van der Waals surface area contributed by atoms with Crippen LogP contribution in [0.1, 0.15) is 25.3 Å². The number of aryl methyl sites for hydroxylation is 1. The van der Waals surface area contributed by atoms with Crippen LogP contribution in [-0.4, -0.2) is 30.0 Å². The highest BCUT2D eigenvalue weighted by molar-refractivity contribution is 5.55. The number of nitrogens with zero attached hydrogens (tertiary/aromatic N) is 1. The Kier molecular flexibility index (Phi) is 7.59. The number of nitrogens with two attached hydrogens (primary N) is 1. The molecule has 0 atom stereocenters. The number of nitrogen functional groups attached to an aromatic ring is 1. The maximum atomic E-state index is 9.94. The first-order chi connectivity index (χ1) is 8.02. The number of aromatic hydroxyl groups is 1. The molecule has 4 nitrogen and oxygen atoms in total. The predicted octanol–water partition coefficient (Wildman–Crippen LogP) is 2.16. The number of anilines is 1. The standard InChI is InChI=1S/C7H9NO.C6H13NO/c1-5-3-2-4-6(8)7(5)9;1-3-4-5-7(2)6-8/h2-4,9H,8H2,1H3;6H,3-5H2,1-2H3. The van der Waals surface area contributed by atoms with Gasteiger partial charge in [-0.05, 0) is 25.0 Å². The molecule has 0 heterocycles. The number of carbonyl (C=O) groups is 1. The Bertz CT molecular complexity index is 320. The summed E-state index contributed by atoms with van der Waals surface area (Å²) in [5.74, 6) is 0.192. The number of unbranched alkanes of at least 4 members (excludes halogenated alkanes) is 1. The summed E-state index contributed by atoms with van der Waals surface area (Å²) in [4.78, 5) is 11.6. The van der Waals surface area contributed by atoms with Crippen molar-refractivity contribution in [1.82, 2.24) is 4.90 Å². The average molecular weight is 238 g/mol. The van der Waals surface area contributed by atoms with Crippen molar-refractivity contribution in [3.63, 3.8) is 0 Å². The Labute approximate surface area is 103 Å². The van der Waals surface area contributed by atoms with Crippen LogP contribution in [0.2, 0.25) is 0 Å². The first kappa shape index (κ1) is 15.3. The number of phenols is 1. The van der Waals surface area contributed by atoms with E-state index in [9.17, 15) is 4.79 Å². The number of hydrogen-bond acceptors (Lipinski definition) is 3. The molecule has 96 valence electrons. The van der Waals surface area contributed by atoms with Crippen molar-refractivity contribution in [3.05, 3.63) is 23.8 Å². The van der Waals surface area contributed by atoms with E-state index in [1.54, 1.807) is 18.0 Å². The fourth-order valence-corrected chi connectivity index (χ4v) is 1.14. The molecule has 0 spiro atoms. The van der Waals surface area contributed by atoms with Gasteiger partial charge in [0.2, 0.25) is 6.41 Å². The van der Waals surface area contributed by atoms with Crippen molar-refractivity contribution in [2.75, 3.05) is 19.3 Å². The minimum absolute atomic E-state index is 0.192. The van der Waals surface area contributed by atoms with Crippen molar-refractivity contribution in [1.29, 1.82) is 0 Å². The Balaban J connectivity index is 0.000000304. The second-order valence-corrected chi connectivity index (χ2v) is 3.95. The van der Waals surface area contributed by atoms with Crippen LogP contribution in [-0.2, 0) is 4.79 Å². The largest absolute Gasteiger partial charge is 0.506 e. The molecule has 1 rings (SSSR count). The molecular formula is C13H22N2O2. The number of carbonyl (C=O) groups excluding carboxylic acids is 1. The van der Waals surface area contributed by atoms with Crippen LogP contribution in [0.4, 0.5) is 5.69 Å². The van der Waals surface area contributed by atoms with Crippen LogP contribution in [0, 0.1) is 6.92 Å². The molecule has 17 heavy (non-hydrogen) atoms. The summed E-state index contributed by atoms with van der Waals surface area (Å²) in [5, 5.41) is 9.08. The fourth-order valence-electron chi connectivity index (χ4n) is 1.14. The second kappa shape index (κ2) is 8.44. The highest BCUT2D eigenvalue weighted by Gasteiger charge is 1.96. The highest BCUT2D eigenvalue weighted by atomic mass is 16.3. The maximum Gasteiger partial charge on any atom is 0.209 e. The van der Waals surface area contributed by atoms with Gasteiger partial charge in [-0.2, -0.15) is 0 Å². The third kappa shape index (κ3) is 6.45. The highest BCUT2D eigenvalue weighted by Crippen LogP contribution is 2.22. The van der Waals surface area contributed by atoms with Gasteiger partial charge < -0.3 is 15.7 Å². The summed E-state index contributed by atoms with van der Waals surface area (Å²) in [6.07, 6.45) is 3.11. The molecule has 0 radical (unpaired) electrons. The van der Waals surface area contributed by atoms with E-state index in [1.165, 1.54) is 0 Å². The molecular weight excluding hydrogens is 216 g/mol. The molecule has 0 bridgehead atoms. The normalized spacial score (nSPS) is 9.12. The Morgan fingerprint density at radius 1 is 1.47 bits per heavy atom. The minimum atomic E-state index is 0.192. The monoisotopic (exact) mass is 238 g/mol. The van der Waals surface area contributed by atoms with Gasteiger partial charge in [-0.3, -0.25) is 4.79 Å². The SMILES string of the molecule is CCCCN(C)C=O.Cc1cccc(N)c1O. The molecule has 1 aromatic carbocycles. The van der Waals surface area contributed by atoms with Crippen molar-refractivity contribution < 1.29 is 9.90 Å². The Morgan fingerprint density at radius 3 is 2.53 bits per heavy atom. The van der Waals surface area contributed by atoms with Crippen LogP contribution in [0.5, 0.6) is 5.75 Å². The smallest absolute Gasteiger partial charge is 0.209 e. The predicted molar refractivity (Wildman–Crippen MR) is 70.9 cm³/mol. The molecule has 0 aliphatic rings. The topological polar surface area (TPSA) is 66.6 Å². The van der Waals surface area contributed by atoms with Gasteiger partial charge in [0.05, 0.1) is 5.69 Å². The van der Waals surface area contributed by atoms with Crippen molar-refractivity contribution in [2.24, 2.45) is 0 Å². The van der Waals surface area contributed by atoms with Gasteiger partial charge in [0.15, 0.2) is 0 Å². The zero-order valence-electron chi connectivity index (χ0n) is 10.8. The molecule has 4 heteroatoms. The number of phenolic OH excluding ortho intramolecular Hbond substituents is 1. The first-order valence-corrected chi connectivity index (χ1v) is 5.72. The number of hydrogen-bond donors (Lipinski definition) is 2. The third-order valence-corrected chi connectivity index (χ3v) is 2.31. The molecule has 0 aliphatic heterocycles. The summed E-state index contributed by atoms with van der Waals surface area (Å²) >= 11 is 0. The lowest BCUT2D eigenvalue weighted by atomic mass is 10.2. The maximum absolute atomic E-state index is 9.94. The molecule has 0 saturated heterocycles.